The van der Waals surface area contributed by atoms with E-state index in [0.717, 1.165) is 6.54 Å². The largest absolute Gasteiger partial charge is 0.370 e. The van der Waals surface area contributed by atoms with Crippen LogP contribution in [0.15, 0.2) is 0 Å². The van der Waals surface area contributed by atoms with Gasteiger partial charge in [-0.3, -0.25) is 9.59 Å². The van der Waals surface area contributed by atoms with Crippen molar-refractivity contribution >= 4 is 11.8 Å². The molecule has 1 heterocycles. The summed E-state index contributed by atoms with van der Waals surface area (Å²) in [7, 11) is 0. The van der Waals surface area contributed by atoms with Crippen LogP contribution in [0.25, 0.3) is 0 Å². The predicted molar refractivity (Wildman–Crippen MR) is 61.6 cm³/mol. The van der Waals surface area contributed by atoms with Gasteiger partial charge in [-0.15, -0.1) is 0 Å². The average Bonchev–Trinajstić information content (AvgIpc) is 2.21. The predicted octanol–water partition coefficient (Wildman–Crippen LogP) is -0.244. The number of nitrogens with two attached hydrogens (primary N) is 1. The first-order valence-electron chi connectivity index (χ1n) is 5.88. The third kappa shape index (κ3) is 4.61. The van der Waals surface area contributed by atoms with Crippen LogP contribution in [0.2, 0.25) is 0 Å². The summed E-state index contributed by atoms with van der Waals surface area (Å²) in [5.74, 6) is 0.146. The third-order valence-electron chi connectivity index (χ3n) is 3.03. The lowest BCUT2D eigenvalue weighted by Gasteiger charge is -2.29. The number of hydrogen-bond acceptors (Lipinski definition) is 3. The molecule has 4 N–H and O–H groups in total. The van der Waals surface area contributed by atoms with Crippen molar-refractivity contribution in [3.05, 3.63) is 0 Å². The van der Waals surface area contributed by atoms with E-state index >= 15 is 0 Å². The summed E-state index contributed by atoms with van der Waals surface area (Å²) in [5, 5.41) is 6.05. The molecule has 5 heteroatoms. The summed E-state index contributed by atoms with van der Waals surface area (Å²) in [4.78, 5) is 22.0. The van der Waals surface area contributed by atoms with Crippen molar-refractivity contribution in [2.24, 2.45) is 11.7 Å². The highest BCUT2D eigenvalue weighted by Gasteiger charge is 2.22. The number of amides is 2. The highest BCUT2D eigenvalue weighted by molar-refractivity contribution is 5.78. The molecular formula is C11H21N3O2. The molecule has 1 aliphatic rings. The first kappa shape index (κ1) is 13.0. The summed E-state index contributed by atoms with van der Waals surface area (Å²) in [6.45, 7) is 3.49. The summed E-state index contributed by atoms with van der Waals surface area (Å²) in [5.41, 5.74) is 4.98. The second kappa shape index (κ2) is 6.48. The van der Waals surface area contributed by atoms with Gasteiger partial charge in [0.15, 0.2) is 0 Å². The number of carbonyl (C=O) groups excluding carboxylic acids is 2. The Hall–Kier alpha value is -1.10. The fourth-order valence-corrected chi connectivity index (χ4v) is 1.98. The molecule has 2 atom stereocenters. The van der Waals surface area contributed by atoms with Crippen molar-refractivity contribution in [3.63, 3.8) is 0 Å². The zero-order valence-corrected chi connectivity index (χ0v) is 9.79. The van der Waals surface area contributed by atoms with Gasteiger partial charge in [0.1, 0.15) is 0 Å². The van der Waals surface area contributed by atoms with Crippen LogP contribution in [-0.4, -0.2) is 30.9 Å². The number of rotatable bonds is 5. The molecule has 0 aliphatic carbocycles. The Kier molecular flexibility index (Phi) is 5.25. The van der Waals surface area contributed by atoms with Gasteiger partial charge in [0.05, 0.1) is 0 Å². The highest BCUT2D eigenvalue weighted by Crippen LogP contribution is 2.17. The molecule has 1 aliphatic heterocycles. The van der Waals surface area contributed by atoms with Gasteiger partial charge in [0, 0.05) is 25.4 Å². The van der Waals surface area contributed by atoms with Crippen LogP contribution in [0.5, 0.6) is 0 Å². The number of primary amides is 1. The minimum absolute atomic E-state index is 0.00694. The van der Waals surface area contributed by atoms with Crippen LogP contribution in [0, 0.1) is 5.92 Å². The van der Waals surface area contributed by atoms with E-state index in [1.54, 1.807) is 0 Å². The zero-order valence-electron chi connectivity index (χ0n) is 9.79. The topological polar surface area (TPSA) is 84.2 Å². The van der Waals surface area contributed by atoms with E-state index in [2.05, 4.69) is 17.6 Å². The molecule has 0 radical (unpaired) electrons. The molecule has 0 aromatic heterocycles. The van der Waals surface area contributed by atoms with Crippen LogP contribution in [0.1, 0.15) is 32.6 Å². The normalized spacial score (nSPS) is 25.1. The number of nitrogens with one attached hydrogen (secondary N) is 2. The lowest BCUT2D eigenvalue weighted by atomic mass is 9.90. The molecule has 0 bridgehead atoms. The van der Waals surface area contributed by atoms with Gasteiger partial charge in [-0.05, 0) is 25.3 Å². The van der Waals surface area contributed by atoms with E-state index in [0.29, 0.717) is 18.9 Å². The maximum absolute atomic E-state index is 11.5. The highest BCUT2D eigenvalue weighted by atomic mass is 16.2. The van der Waals surface area contributed by atoms with Gasteiger partial charge in [0.25, 0.3) is 0 Å². The van der Waals surface area contributed by atoms with Crippen LogP contribution in [-0.2, 0) is 9.59 Å². The minimum Gasteiger partial charge on any atom is -0.370 e. The lowest BCUT2D eigenvalue weighted by molar-refractivity contribution is -0.122. The van der Waals surface area contributed by atoms with Gasteiger partial charge in [-0.25, -0.2) is 0 Å². The molecule has 2 unspecified atom stereocenters. The monoisotopic (exact) mass is 227 g/mol. The van der Waals surface area contributed by atoms with E-state index in [4.69, 9.17) is 5.73 Å². The maximum atomic E-state index is 11.5. The van der Waals surface area contributed by atoms with Gasteiger partial charge in [-0.2, -0.15) is 0 Å². The molecular weight excluding hydrogens is 206 g/mol. The molecule has 0 aromatic carbocycles. The van der Waals surface area contributed by atoms with E-state index in [1.807, 2.05) is 0 Å². The lowest BCUT2D eigenvalue weighted by Crippen LogP contribution is -2.43. The Morgan fingerprint density at radius 2 is 2.25 bits per heavy atom. The van der Waals surface area contributed by atoms with Gasteiger partial charge < -0.3 is 16.4 Å². The fraction of sp³-hybridized carbons (Fsp3) is 0.818. The molecule has 1 saturated heterocycles. The van der Waals surface area contributed by atoms with Gasteiger partial charge >= 0.3 is 0 Å². The van der Waals surface area contributed by atoms with Crippen LogP contribution < -0.4 is 16.4 Å². The van der Waals surface area contributed by atoms with E-state index in [-0.39, 0.29) is 24.3 Å². The molecule has 92 valence electrons. The molecule has 2 amide bonds. The average molecular weight is 227 g/mol. The van der Waals surface area contributed by atoms with Crippen LogP contribution in [0.3, 0.4) is 0 Å². The van der Waals surface area contributed by atoms with Crippen molar-refractivity contribution in [3.8, 4) is 0 Å². The standard InChI is InChI=1S/C11H21N3O2/c1-8-3-2-5-13-9(8)7-11(16)14-6-4-10(12)15/h8-9,13H,2-7H2,1H3,(H2,12,15)(H,14,16). The second-order valence-corrected chi connectivity index (χ2v) is 4.45. The SMILES string of the molecule is CC1CCCNC1CC(=O)NCCC(N)=O. The number of piperidine rings is 1. The summed E-state index contributed by atoms with van der Waals surface area (Å²) in [6, 6.07) is 0.266. The quantitative estimate of drug-likeness (QED) is 0.606. The summed E-state index contributed by atoms with van der Waals surface area (Å²) >= 11 is 0. The zero-order chi connectivity index (χ0) is 12.0. The van der Waals surface area contributed by atoms with Crippen molar-refractivity contribution < 1.29 is 9.59 Å². The van der Waals surface area contributed by atoms with Gasteiger partial charge in [0.2, 0.25) is 11.8 Å². The Balaban J connectivity index is 2.19. The minimum atomic E-state index is -0.385. The molecule has 16 heavy (non-hydrogen) atoms. The van der Waals surface area contributed by atoms with Crippen LogP contribution in [0.4, 0.5) is 0 Å². The van der Waals surface area contributed by atoms with Crippen molar-refractivity contribution in [1.82, 2.24) is 10.6 Å². The molecule has 5 nitrogen and oxygen atoms in total. The number of hydrogen-bond donors (Lipinski definition) is 3. The first-order chi connectivity index (χ1) is 7.59. The maximum Gasteiger partial charge on any atom is 0.221 e. The van der Waals surface area contributed by atoms with E-state index < -0.39 is 0 Å². The molecule has 1 fully saturated rings. The van der Waals surface area contributed by atoms with E-state index in [9.17, 15) is 9.59 Å². The Bertz CT molecular complexity index is 256. The second-order valence-electron chi connectivity index (χ2n) is 4.45. The molecule has 0 spiro atoms. The Morgan fingerprint density at radius 3 is 2.88 bits per heavy atom. The fourth-order valence-electron chi connectivity index (χ4n) is 1.98. The first-order valence-corrected chi connectivity index (χ1v) is 5.88. The smallest absolute Gasteiger partial charge is 0.221 e. The van der Waals surface area contributed by atoms with Crippen molar-refractivity contribution in [1.29, 1.82) is 0 Å². The molecule has 0 aromatic rings. The summed E-state index contributed by atoms with van der Waals surface area (Å²) in [6.07, 6.45) is 3.05. The van der Waals surface area contributed by atoms with E-state index in [1.165, 1.54) is 12.8 Å². The van der Waals surface area contributed by atoms with Crippen molar-refractivity contribution in [2.75, 3.05) is 13.1 Å². The Labute approximate surface area is 96.1 Å². The molecule has 0 saturated carbocycles. The number of carbonyl (C=O) groups is 2. The molecule has 1 rings (SSSR count). The third-order valence-corrected chi connectivity index (χ3v) is 3.03. The van der Waals surface area contributed by atoms with Crippen LogP contribution >= 0.6 is 0 Å². The van der Waals surface area contributed by atoms with Crippen molar-refractivity contribution in [2.45, 2.75) is 38.6 Å². The summed E-state index contributed by atoms with van der Waals surface area (Å²) < 4.78 is 0. The Morgan fingerprint density at radius 1 is 1.50 bits per heavy atom. The van der Waals surface area contributed by atoms with Gasteiger partial charge in [-0.1, -0.05) is 6.92 Å².